The van der Waals surface area contributed by atoms with E-state index >= 15 is 0 Å². The lowest BCUT2D eigenvalue weighted by Crippen LogP contribution is -2.45. The summed E-state index contributed by atoms with van der Waals surface area (Å²) in [6, 6.07) is 16.7. The molecule has 0 saturated carbocycles. The molecule has 2 aromatic carbocycles. The van der Waals surface area contributed by atoms with Crippen LogP contribution in [0.3, 0.4) is 0 Å². The number of sulfonamides is 1. The van der Waals surface area contributed by atoms with Crippen LogP contribution in [-0.2, 0) is 14.8 Å². The SMILES string of the molecule is Cc1ccc(S(=O)(=O)NCC2CCCN(CC(=O)NC(C)c3ccccc3)C2)cc1. The third-order valence-corrected chi connectivity index (χ3v) is 6.98. The van der Waals surface area contributed by atoms with Gasteiger partial charge in [-0.15, -0.1) is 0 Å². The smallest absolute Gasteiger partial charge is 0.240 e. The second-order valence-corrected chi connectivity index (χ2v) is 9.88. The average Bonchev–Trinajstić information content (AvgIpc) is 2.73. The lowest BCUT2D eigenvalue weighted by Gasteiger charge is -2.32. The van der Waals surface area contributed by atoms with Crippen LogP contribution < -0.4 is 10.0 Å². The summed E-state index contributed by atoms with van der Waals surface area (Å²) in [4.78, 5) is 14.9. The topological polar surface area (TPSA) is 78.5 Å². The van der Waals surface area contributed by atoms with Crippen LogP contribution in [0.2, 0.25) is 0 Å². The minimum absolute atomic E-state index is 0.00719. The quantitative estimate of drug-likeness (QED) is 0.676. The summed E-state index contributed by atoms with van der Waals surface area (Å²) >= 11 is 0. The van der Waals surface area contributed by atoms with Crippen molar-refractivity contribution in [2.24, 2.45) is 5.92 Å². The Balaban J connectivity index is 1.48. The minimum Gasteiger partial charge on any atom is -0.348 e. The molecule has 162 valence electrons. The summed E-state index contributed by atoms with van der Waals surface area (Å²) in [6.07, 6.45) is 1.91. The number of benzene rings is 2. The molecule has 1 saturated heterocycles. The molecule has 0 aliphatic carbocycles. The zero-order valence-electron chi connectivity index (χ0n) is 17.7. The van der Waals surface area contributed by atoms with Gasteiger partial charge in [0, 0.05) is 13.1 Å². The first kappa shape index (κ1) is 22.5. The largest absolute Gasteiger partial charge is 0.348 e. The molecule has 0 bridgehead atoms. The van der Waals surface area contributed by atoms with Gasteiger partial charge < -0.3 is 5.32 Å². The first-order valence-electron chi connectivity index (χ1n) is 10.5. The molecule has 0 aromatic heterocycles. The van der Waals surface area contributed by atoms with E-state index in [-0.39, 0.29) is 22.8 Å². The Kier molecular flexibility index (Phi) is 7.64. The number of hydrogen-bond acceptors (Lipinski definition) is 4. The minimum atomic E-state index is -3.51. The van der Waals surface area contributed by atoms with E-state index in [1.165, 1.54) is 0 Å². The Bertz CT molecular complexity index is 930. The second-order valence-electron chi connectivity index (χ2n) is 8.11. The number of likely N-dealkylation sites (tertiary alicyclic amines) is 1. The lowest BCUT2D eigenvalue weighted by molar-refractivity contribution is -0.123. The van der Waals surface area contributed by atoms with E-state index < -0.39 is 10.0 Å². The van der Waals surface area contributed by atoms with Crippen molar-refractivity contribution in [3.05, 3.63) is 65.7 Å². The van der Waals surface area contributed by atoms with Crippen molar-refractivity contribution in [1.29, 1.82) is 0 Å². The Labute approximate surface area is 179 Å². The average molecular weight is 430 g/mol. The Morgan fingerprint density at radius 2 is 1.83 bits per heavy atom. The molecule has 1 aliphatic heterocycles. The van der Waals surface area contributed by atoms with Gasteiger partial charge in [-0.3, -0.25) is 9.69 Å². The van der Waals surface area contributed by atoms with E-state index in [1.54, 1.807) is 24.3 Å². The fourth-order valence-corrected chi connectivity index (χ4v) is 4.92. The van der Waals surface area contributed by atoms with Crippen molar-refractivity contribution >= 4 is 15.9 Å². The van der Waals surface area contributed by atoms with E-state index in [0.717, 1.165) is 30.5 Å². The van der Waals surface area contributed by atoms with E-state index in [2.05, 4.69) is 14.9 Å². The van der Waals surface area contributed by atoms with Crippen LogP contribution in [0.5, 0.6) is 0 Å². The zero-order valence-corrected chi connectivity index (χ0v) is 18.5. The molecule has 6 nitrogen and oxygen atoms in total. The highest BCUT2D eigenvalue weighted by molar-refractivity contribution is 7.89. The van der Waals surface area contributed by atoms with E-state index in [1.807, 2.05) is 44.2 Å². The maximum atomic E-state index is 12.5. The fourth-order valence-electron chi connectivity index (χ4n) is 3.81. The maximum Gasteiger partial charge on any atom is 0.240 e. The third kappa shape index (κ3) is 6.39. The molecule has 2 unspecified atom stereocenters. The van der Waals surface area contributed by atoms with E-state index in [0.29, 0.717) is 19.6 Å². The number of amides is 1. The van der Waals surface area contributed by atoms with Crippen LogP contribution in [0.1, 0.15) is 36.9 Å². The van der Waals surface area contributed by atoms with Crippen molar-refractivity contribution in [2.75, 3.05) is 26.2 Å². The molecule has 2 aromatic rings. The van der Waals surface area contributed by atoms with Gasteiger partial charge in [0.15, 0.2) is 0 Å². The van der Waals surface area contributed by atoms with Crippen LogP contribution in [0.4, 0.5) is 0 Å². The highest BCUT2D eigenvalue weighted by Crippen LogP contribution is 2.18. The fraction of sp³-hybridized carbons (Fsp3) is 0.435. The standard InChI is InChI=1S/C23H31N3O3S/c1-18-10-12-22(13-11-18)30(28,29)24-15-20-7-6-14-26(16-20)17-23(27)25-19(2)21-8-4-3-5-9-21/h3-5,8-13,19-20,24H,6-7,14-17H2,1-2H3,(H,25,27). The van der Waals surface area contributed by atoms with Crippen LogP contribution in [0.25, 0.3) is 0 Å². The molecule has 3 rings (SSSR count). The normalized spacial score (nSPS) is 18.7. The first-order valence-corrected chi connectivity index (χ1v) is 11.9. The number of rotatable bonds is 8. The lowest BCUT2D eigenvalue weighted by atomic mass is 9.98. The Morgan fingerprint density at radius 1 is 1.13 bits per heavy atom. The van der Waals surface area contributed by atoms with Gasteiger partial charge in [0.2, 0.25) is 15.9 Å². The van der Waals surface area contributed by atoms with Gasteiger partial charge in [-0.25, -0.2) is 13.1 Å². The van der Waals surface area contributed by atoms with Gasteiger partial charge in [0.25, 0.3) is 0 Å². The number of carbonyl (C=O) groups excluding carboxylic acids is 1. The van der Waals surface area contributed by atoms with Crippen molar-refractivity contribution in [1.82, 2.24) is 14.9 Å². The molecule has 0 radical (unpaired) electrons. The predicted octanol–water partition coefficient (Wildman–Crippen LogP) is 2.86. The molecule has 2 N–H and O–H groups in total. The molecular weight excluding hydrogens is 398 g/mol. The molecule has 1 aliphatic rings. The van der Waals surface area contributed by atoms with Crippen LogP contribution >= 0.6 is 0 Å². The molecule has 2 atom stereocenters. The first-order chi connectivity index (χ1) is 14.3. The molecule has 7 heteroatoms. The molecule has 30 heavy (non-hydrogen) atoms. The van der Waals surface area contributed by atoms with Crippen molar-refractivity contribution in [3.63, 3.8) is 0 Å². The summed E-state index contributed by atoms with van der Waals surface area (Å²) in [7, 11) is -3.51. The van der Waals surface area contributed by atoms with E-state index in [4.69, 9.17) is 0 Å². The summed E-state index contributed by atoms with van der Waals surface area (Å²) in [6.45, 7) is 6.19. The number of nitrogens with one attached hydrogen (secondary N) is 2. The monoisotopic (exact) mass is 429 g/mol. The van der Waals surface area contributed by atoms with Crippen LogP contribution in [0, 0.1) is 12.8 Å². The van der Waals surface area contributed by atoms with Gasteiger partial charge in [0.1, 0.15) is 0 Å². The Morgan fingerprint density at radius 3 is 2.53 bits per heavy atom. The highest BCUT2D eigenvalue weighted by atomic mass is 32.2. The highest BCUT2D eigenvalue weighted by Gasteiger charge is 2.24. The predicted molar refractivity (Wildman–Crippen MR) is 119 cm³/mol. The molecule has 1 fully saturated rings. The number of carbonyl (C=O) groups is 1. The third-order valence-electron chi connectivity index (χ3n) is 5.54. The van der Waals surface area contributed by atoms with Gasteiger partial charge in [-0.1, -0.05) is 48.0 Å². The molecular formula is C23H31N3O3S. The molecule has 1 amide bonds. The van der Waals surface area contributed by atoms with Gasteiger partial charge in [-0.05, 0) is 56.8 Å². The molecule has 0 spiro atoms. The summed E-state index contributed by atoms with van der Waals surface area (Å²) in [5.74, 6) is 0.186. The van der Waals surface area contributed by atoms with Gasteiger partial charge >= 0.3 is 0 Å². The van der Waals surface area contributed by atoms with Crippen molar-refractivity contribution in [2.45, 2.75) is 37.6 Å². The Hall–Kier alpha value is -2.22. The summed E-state index contributed by atoms with van der Waals surface area (Å²) < 4.78 is 27.8. The molecule has 1 heterocycles. The van der Waals surface area contributed by atoms with Gasteiger partial charge in [0.05, 0.1) is 17.5 Å². The van der Waals surface area contributed by atoms with Crippen molar-refractivity contribution < 1.29 is 13.2 Å². The van der Waals surface area contributed by atoms with E-state index in [9.17, 15) is 13.2 Å². The van der Waals surface area contributed by atoms with Crippen LogP contribution in [-0.4, -0.2) is 45.4 Å². The summed E-state index contributed by atoms with van der Waals surface area (Å²) in [5, 5.41) is 3.05. The second kappa shape index (κ2) is 10.2. The van der Waals surface area contributed by atoms with Crippen LogP contribution in [0.15, 0.2) is 59.5 Å². The number of aryl methyl sites for hydroxylation is 1. The number of piperidine rings is 1. The van der Waals surface area contributed by atoms with Gasteiger partial charge in [-0.2, -0.15) is 0 Å². The van der Waals surface area contributed by atoms with Crippen molar-refractivity contribution in [3.8, 4) is 0 Å². The zero-order chi connectivity index (χ0) is 21.6. The summed E-state index contributed by atoms with van der Waals surface area (Å²) in [5.41, 5.74) is 2.10. The number of nitrogens with zero attached hydrogens (tertiary/aromatic N) is 1. The number of hydrogen-bond donors (Lipinski definition) is 2. The maximum absolute atomic E-state index is 12.5.